The molecule has 1 rings (SSSR count). The molecule has 1 aliphatic carbocycles. The van der Waals surface area contributed by atoms with E-state index in [4.69, 9.17) is 5.21 Å². The third-order valence-electron chi connectivity index (χ3n) is 3.72. The predicted molar refractivity (Wildman–Crippen MR) is 50.2 cm³/mol. The van der Waals surface area contributed by atoms with Gasteiger partial charge >= 0.3 is 0 Å². The molecule has 13 heavy (non-hydrogen) atoms. The summed E-state index contributed by atoms with van der Waals surface area (Å²) in [7, 11) is 0. The fourth-order valence-corrected chi connectivity index (χ4v) is 2.43. The second-order valence-corrected chi connectivity index (χ2v) is 4.60. The van der Waals surface area contributed by atoms with Crippen LogP contribution in [0.3, 0.4) is 0 Å². The Morgan fingerprint density at radius 1 is 1.54 bits per heavy atom. The van der Waals surface area contributed by atoms with Crippen molar-refractivity contribution < 1.29 is 10.0 Å². The van der Waals surface area contributed by atoms with Gasteiger partial charge < -0.3 is 0 Å². The highest BCUT2D eigenvalue weighted by molar-refractivity contribution is 5.75. The summed E-state index contributed by atoms with van der Waals surface area (Å²) in [5, 5.41) is 8.40. The fraction of sp³-hybridized carbons (Fsp3) is 0.900. The van der Waals surface area contributed by atoms with Gasteiger partial charge in [0.25, 0.3) is 0 Å². The quantitative estimate of drug-likeness (QED) is 0.521. The van der Waals surface area contributed by atoms with Gasteiger partial charge in [-0.05, 0) is 23.7 Å². The monoisotopic (exact) mass is 185 g/mol. The molecule has 76 valence electrons. The molecule has 2 N–H and O–H groups in total. The van der Waals surface area contributed by atoms with E-state index in [1.807, 2.05) is 0 Å². The molecule has 0 aromatic rings. The third-order valence-corrected chi connectivity index (χ3v) is 3.72. The van der Waals surface area contributed by atoms with E-state index in [2.05, 4.69) is 20.8 Å². The number of hydrogen-bond donors (Lipinski definition) is 2. The Morgan fingerprint density at radius 3 is 2.54 bits per heavy atom. The van der Waals surface area contributed by atoms with Gasteiger partial charge in [-0.3, -0.25) is 10.0 Å². The number of hydrogen-bond acceptors (Lipinski definition) is 2. The average Bonchev–Trinajstić information content (AvgIpc) is 2.10. The van der Waals surface area contributed by atoms with Gasteiger partial charge in [-0.25, -0.2) is 5.48 Å². The number of hydroxylamine groups is 1. The molecule has 1 fully saturated rings. The van der Waals surface area contributed by atoms with Crippen LogP contribution in [0.5, 0.6) is 0 Å². The molecular weight excluding hydrogens is 166 g/mol. The number of amides is 1. The SMILES string of the molecule is CCC1CC(CC(=O)NO)C1(C)C. The van der Waals surface area contributed by atoms with E-state index in [1.165, 1.54) is 6.42 Å². The zero-order valence-corrected chi connectivity index (χ0v) is 8.63. The second kappa shape index (κ2) is 3.66. The van der Waals surface area contributed by atoms with Crippen molar-refractivity contribution >= 4 is 5.91 Å². The van der Waals surface area contributed by atoms with Crippen molar-refractivity contribution in [3.8, 4) is 0 Å². The Bertz CT molecular complexity index is 201. The van der Waals surface area contributed by atoms with Crippen LogP contribution >= 0.6 is 0 Å². The van der Waals surface area contributed by atoms with E-state index in [0.29, 0.717) is 12.3 Å². The zero-order valence-electron chi connectivity index (χ0n) is 8.63. The van der Waals surface area contributed by atoms with Gasteiger partial charge in [0.2, 0.25) is 5.91 Å². The molecule has 0 radical (unpaired) electrons. The lowest BCUT2D eigenvalue weighted by Crippen LogP contribution is -2.46. The summed E-state index contributed by atoms with van der Waals surface area (Å²) in [5.41, 5.74) is 1.96. The van der Waals surface area contributed by atoms with Gasteiger partial charge in [-0.15, -0.1) is 0 Å². The highest BCUT2D eigenvalue weighted by Crippen LogP contribution is 2.54. The largest absolute Gasteiger partial charge is 0.289 e. The number of nitrogens with one attached hydrogen (secondary N) is 1. The lowest BCUT2D eigenvalue weighted by Gasteiger charge is -2.52. The maximum Gasteiger partial charge on any atom is 0.243 e. The number of carbonyl (C=O) groups excluding carboxylic acids is 1. The van der Waals surface area contributed by atoms with Crippen LogP contribution in [0.4, 0.5) is 0 Å². The van der Waals surface area contributed by atoms with E-state index in [1.54, 1.807) is 5.48 Å². The number of rotatable bonds is 3. The van der Waals surface area contributed by atoms with Gasteiger partial charge in [-0.2, -0.15) is 0 Å². The van der Waals surface area contributed by atoms with Crippen molar-refractivity contribution in [1.82, 2.24) is 5.48 Å². The van der Waals surface area contributed by atoms with Crippen LogP contribution in [-0.2, 0) is 4.79 Å². The number of carbonyl (C=O) groups is 1. The van der Waals surface area contributed by atoms with Gasteiger partial charge in [0.15, 0.2) is 0 Å². The first-order valence-electron chi connectivity index (χ1n) is 4.95. The summed E-state index contributed by atoms with van der Waals surface area (Å²) in [4.78, 5) is 10.9. The Morgan fingerprint density at radius 2 is 2.15 bits per heavy atom. The Hall–Kier alpha value is -0.570. The minimum Gasteiger partial charge on any atom is -0.289 e. The molecule has 0 aromatic carbocycles. The first-order valence-corrected chi connectivity index (χ1v) is 4.95. The normalized spacial score (nSPS) is 30.8. The fourth-order valence-electron chi connectivity index (χ4n) is 2.43. The molecule has 3 nitrogen and oxygen atoms in total. The molecule has 1 aliphatic rings. The molecule has 1 saturated carbocycles. The maximum atomic E-state index is 10.9. The predicted octanol–water partition coefficient (Wildman–Crippen LogP) is 1.95. The van der Waals surface area contributed by atoms with Gasteiger partial charge in [-0.1, -0.05) is 27.2 Å². The Labute approximate surface area is 79.5 Å². The van der Waals surface area contributed by atoms with Crippen molar-refractivity contribution in [3.05, 3.63) is 0 Å². The maximum absolute atomic E-state index is 10.9. The van der Waals surface area contributed by atoms with E-state index >= 15 is 0 Å². The first-order chi connectivity index (χ1) is 6.02. The Kier molecular flexibility index (Phi) is 2.96. The highest BCUT2D eigenvalue weighted by Gasteiger charge is 2.47. The molecule has 3 heteroatoms. The molecule has 1 amide bonds. The zero-order chi connectivity index (χ0) is 10.1. The molecule has 0 saturated heterocycles. The van der Waals surface area contributed by atoms with E-state index in [-0.39, 0.29) is 11.3 Å². The van der Waals surface area contributed by atoms with Crippen LogP contribution in [0.2, 0.25) is 0 Å². The highest BCUT2D eigenvalue weighted by atomic mass is 16.5. The van der Waals surface area contributed by atoms with Crippen LogP contribution in [0.1, 0.15) is 40.0 Å². The molecular formula is C10H19NO2. The van der Waals surface area contributed by atoms with Crippen molar-refractivity contribution in [2.45, 2.75) is 40.0 Å². The minimum absolute atomic E-state index is 0.257. The lowest BCUT2D eigenvalue weighted by atomic mass is 9.53. The lowest BCUT2D eigenvalue weighted by molar-refractivity contribution is -0.135. The van der Waals surface area contributed by atoms with Crippen LogP contribution < -0.4 is 5.48 Å². The van der Waals surface area contributed by atoms with E-state index < -0.39 is 0 Å². The molecule has 0 heterocycles. The van der Waals surface area contributed by atoms with Crippen molar-refractivity contribution in [2.24, 2.45) is 17.3 Å². The summed E-state index contributed by atoms with van der Waals surface area (Å²) in [6, 6.07) is 0. The molecule has 0 aliphatic heterocycles. The van der Waals surface area contributed by atoms with Gasteiger partial charge in [0.05, 0.1) is 0 Å². The smallest absolute Gasteiger partial charge is 0.243 e. The van der Waals surface area contributed by atoms with Crippen LogP contribution in [-0.4, -0.2) is 11.1 Å². The summed E-state index contributed by atoms with van der Waals surface area (Å²) in [6.45, 7) is 6.61. The summed E-state index contributed by atoms with van der Waals surface area (Å²) in [5.74, 6) is 0.918. The van der Waals surface area contributed by atoms with Crippen molar-refractivity contribution in [3.63, 3.8) is 0 Å². The first kappa shape index (κ1) is 10.5. The molecule has 2 atom stereocenters. The van der Waals surface area contributed by atoms with Gasteiger partial charge in [0, 0.05) is 6.42 Å². The van der Waals surface area contributed by atoms with Crippen LogP contribution in [0, 0.1) is 17.3 Å². The molecule has 0 spiro atoms. The molecule has 0 bridgehead atoms. The van der Waals surface area contributed by atoms with Crippen molar-refractivity contribution in [1.29, 1.82) is 0 Å². The summed E-state index contributed by atoms with van der Waals surface area (Å²) in [6.07, 6.45) is 2.77. The van der Waals surface area contributed by atoms with E-state index in [0.717, 1.165) is 12.3 Å². The third kappa shape index (κ3) is 1.85. The average molecular weight is 185 g/mol. The van der Waals surface area contributed by atoms with Crippen LogP contribution in [0.25, 0.3) is 0 Å². The second-order valence-electron chi connectivity index (χ2n) is 4.60. The summed E-state index contributed by atoms with van der Waals surface area (Å²) < 4.78 is 0. The Balaban J connectivity index is 2.44. The summed E-state index contributed by atoms with van der Waals surface area (Å²) >= 11 is 0. The molecule has 0 aromatic heterocycles. The van der Waals surface area contributed by atoms with E-state index in [9.17, 15) is 4.79 Å². The topological polar surface area (TPSA) is 49.3 Å². The van der Waals surface area contributed by atoms with Crippen molar-refractivity contribution in [2.75, 3.05) is 0 Å². The molecule has 2 unspecified atom stereocenters. The van der Waals surface area contributed by atoms with Gasteiger partial charge in [0.1, 0.15) is 0 Å². The standard InChI is InChI=1S/C10H19NO2/c1-4-7-5-8(10(7,2)3)6-9(12)11-13/h7-8,13H,4-6H2,1-3H3,(H,11,12). The minimum atomic E-state index is -0.257. The van der Waals surface area contributed by atoms with Crippen LogP contribution in [0.15, 0.2) is 0 Å².